The van der Waals surface area contributed by atoms with Gasteiger partial charge in [-0.25, -0.2) is 4.39 Å². The van der Waals surface area contributed by atoms with Crippen molar-refractivity contribution in [1.29, 1.82) is 0 Å². The SMILES string of the molecule is CCOC(=O)CC[C@@H]1C[C@H](F)CN1. The molecule has 1 rings (SSSR count). The van der Waals surface area contributed by atoms with Crippen LogP contribution in [0.5, 0.6) is 0 Å². The van der Waals surface area contributed by atoms with Gasteiger partial charge in [-0.1, -0.05) is 0 Å². The van der Waals surface area contributed by atoms with Crippen LogP contribution in [-0.2, 0) is 9.53 Å². The van der Waals surface area contributed by atoms with Gasteiger partial charge in [0.15, 0.2) is 0 Å². The molecule has 1 N–H and O–H groups in total. The Morgan fingerprint density at radius 2 is 2.46 bits per heavy atom. The van der Waals surface area contributed by atoms with Crippen LogP contribution < -0.4 is 5.32 Å². The van der Waals surface area contributed by atoms with Crippen molar-refractivity contribution in [3.63, 3.8) is 0 Å². The Kier molecular flexibility index (Phi) is 4.15. The first-order valence-electron chi connectivity index (χ1n) is 4.75. The van der Waals surface area contributed by atoms with Gasteiger partial charge in [-0.2, -0.15) is 0 Å². The van der Waals surface area contributed by atoms with E-state index in [1.54, 1.807) is 6.92 Å². The first-order valence-corrected chi connectivity index (χ1v) is 4.75. The van der Waals surface area contributed by atoms with Crippen LogP contribution in [0.3, 0.4) is 0 Å². The maximum atomic E-state index is 12.7. The number of ether oxygens (including phenoxy) is 1. The van der Waals surface area contributed by atoms with E-state index < -0.39 is 6.17 Å². The van der Waals surface area contributed by atoms with Gasteiger partial charge >= 0.3 is 5.97 Å². The van der Waals surface area contributed by atoms with Crippen molar-refractivity contribution in [3.05, 3.63) is 0 Å². The van der Waals surface area contributed by atoms with Crippen LogP contribution in [0.15, 0.2) is 0 Å². The van der Waals surface area contributed by atoms with Gasteiger partial charge < -0.3 is 10.1 Å². The molecule has 0 spiro atoms. The second-order valence-electron chi connectivity index (χ2n) is 3.28. The molecule has 0 aromatic rings. The summed E-state index contributed by atoms with van der Waals surface area (Å²) in [6, 6.07) is 0.152. The highest BCUT2D eigenvalue weighted by molar-refractivity contribution is 5.69. The fourth-order valence-corrected chi connectivity index (χ4v) is 1.52. The van der Waals surface area contributed by atoms with Crippen molar-refractivity contribution in [3.8, 4) is 0 Å². The summed E-state index contributed by atoms with van der Waals surface area (Å²) in [6.07, 6.45) is 0.851. The Morgan fingerprint density at radius 3 is 3.00 bits per heavy atom. The highest BCUT2D eigenvalue weighted by Crippen LogP contribution is 2.14. The van der Waals surface area contributed by atoms with Crippen molar-refractivity contribution < 1.29 is 13.9 Å². The molecule has 1 aliphatic rings. The Labute approximate surface area is 77.6 Å². The first kappa shape index (κ1) is 10.4. The molecule has 3 nitrogen and oxygen atoms in total. The normalized spacial score (nSPS) is 27.5. The molecule has 1 saturated heterocycles. The van der Waals surface area contributed by atoms with Gasteiger partial charge in [0.1, 0.15) is 6.17 Å². The van der Waals surface area contributed by atoms with Gasteiger partial charge in [0.25, 0.3) is 0 Å². The van der Waals surface area contributed by atoms with Gasteiger partial charge in [-0.05, 0) is 19.8 Å². The van der Waals surface area contributed by atoms with Crippen molar-refractivity contribution in [1.82, 2.24) is 5.32 Å². The highest BCUT2D eigenvalue weighted by atomic mass is 19.1. The van der Waals surface area contributed by atoms with E-state index in [2.05, 4.69) is 5.32 Å². The molecule has 0 unspecified atom stereocenters. The summed E-state index contributed by atoms with van der Waals surface area (Å²) < 4.78 is 17.4. The summed E-state index contributed by atoms with van der Waals surface area (Å²) in [5, 5.41) is 3.02. The Bertz CT molecular complexity index is 175. The van der Waals surface area contributed by atoms with E-state index in [1.807, 2.05) is 0 Å². The Balaban J connectivity index is 2.09. The van der Waals surface area contributed by atoms with E-state index in [9.17, 15) is 9.18 Å². The number of carbonyl (C=O) groups excluding carboxylic acids is 1. The monoisotopic (exact) mass is 189 g/mol. The fourth-order valence-electron chi connectivity index (χ4n) is 1.52. The number of alkyl halides is 1. The smallest absolute Gasteiger partial charge is 0.305 e. The molecule has 1 heterocycles. The minimum atomic E-state index is -0.743. The molecule has 0 radical (unpaired) electrons. The minimum absolute atomic E-state index is 0.152. The first-order chi connectivity index (χ1) is 6.22. The largest absolute Gasteiger partial charge is 0.466 e. The van der Waals surface area contributed by atoms with Crippen LogP contribution in [0.4, 0.5) is 4.39 Å². The van der Waals surface area contributed by atoms with Crippen molar-refractivity contribution >= 4 is 5.97 Å². The van der Waals surface area contributed by atoms with Crippen molar-refractivity contribution in [2.45, 2.75) is 38.4 Å². The number of rotatable bonds is 4. The van der Waals surface area contributed by atoms with Crippen LogP contribution in [0, 0.1) is 0 Å². The molecule has 4 heteroatoms. The summed E-state index contributed by atoms with van der Waals surface area (Å²) in [4.78, 5) is 10.9. The number of halogens is 1. The molecule has 0 aromatic carbocycles. The lowest BCUT2D eigenvalue weighted by atomic mass is 10.1. The van der Waals surface area contributed by atoms with E-state index >= 15 is 0 Å². The lowest BCUT2D eigenvalue weighted by Gasteiger charge is -2.08. The molecular formula is C9H16FNO2. The second kappa shape index (κ2) is 5.17. The third-order valence-electron chi connectivity index (χ3n) is 2.17. The van der Waals surface area contributed by atoms with E-state index in [0.717, 1.165) is 0 Å². The predicted molar refractivity (Wildman–Crippen MR) is 47.2 cm³/mol. The Hall–Kier alpha value is -0.640. The van der Waals surface area contributed by atoms with Gasteiger partial charge in [0.05, 0.1) is 6.61 Å². The zero-order valence-corrected chi connectivity index (χ0v) is 7.88. The topological polar surface area (TPSA) is 38.3 Å². The van der Waals surface area contributed by atoms with Crippen molar-refractivity contribution in [2.75, 3.05) is 13.2 Å². The van der Waals surface area contributed by atoms with Gasteiger partial charge in [-0.3, -0.25) is 4.79 Å². The summed E-state index contributed by atoms with van der Waals surface area (Å²) in [5.74, 6) is -0.188. The van der Waals surface area contributed by atoms with Crippen LogP contribution in [0.2, 0.25) is 0 Å². The standard InChI is InChI=1S/C9H16FNO2/c1-2-13-9(12)4-3-8-5-7(10)6-11-8/h7-8,11H,2-6H2,1H3/t7-,8+/m0/s1. The summed E-state index contributed by atoms with van der Waals surface area (Å²) in [6.45, 7) is 2.62. The molecule has 1 fully saturated rings. The number of carbonyl (C=O) groups is 1. The van der Waals surface area contributed by atoms with E-state index in [4.69, 9.17) is 4.74 Å². The summed E-state index contributed by atoms with van der Waals surface area (Å²) in [5.41, 5.74) is 0. The maximum absolute atomic E-state index is 12.7. The van der Waals surface area contributed by atoms with Crippen LogP contribution in [0.25, 0.3) is 0 Å². The lowest BCUT2D eigenvalue weighted by Crippen LogP contribution is -2.22. The van der Waals surface area contributed by atoms with E-state index in [0.29, 0.717) is 32.4 Å². The van der Waals surface area contributed by atoms with Gasteiger partial charge in [0.2, 0.25) is 0 Å². The Morgan fingerprint density at radius 1 is 1.69 bits per heavy atom. The zero-order chi connectivity index (χ0) is 9.68. The third-order valence-corrected chi connectivity index (χ3v) is 2.17. The van der Waals surface area contributed by atoms with E-state index in [1.165, 1.54) is 0 Å². The van der Waals surface area contributed by atoms with Crippen molar-refractivity contribution in [2.24, 2.45) is 0 Å². The summed E-state index contributed by atoms with van der Waals surface area (Å²) >= 11 is 0. The molecule has 0 aliphatic carbocycles. The number of nitrogens with one attached hydrogen (secondary N) is 1. The number of hydrogen-bond acceptors (Lipinski definition) is 3. The molecule has 76 valence electrons. The third kappa shape index (κ3) is 3.72. The molecule has 13 heavy (non-hydrogen) atoms. The molecule has 0 amide bonds. The van der Waals surface area contributed by atoms with Crippen LogP contribution in [-0.4, -0.2) is 31.3 Å². The zero-order valence-electron chi connectivity index (χ0n) is 7.88. The molecular weight excluding hydrogens is 173 g/mol. The predicted octanol–water partition coefficient (Wildman–Crippen LogP) is 1.03. The highest BCUT2D eigenvalue weighted by Gasteiger charge is 2.23. The van der Waals surface area contributed by atoms with Gasteiger partial charge in [0, 0.05) is 19.0 Å². The number of hydrogen-bond donors (Lipinski definition) is 1. The second-order valence-corrected chi connectivity index (χ2v) is 3.28. The fraction of sp³-hybridized carbons (Fsp3) is 0.889. The van der Waals surface area contributed by atoms with Crippen LogP contribution >= 0.6 is 0 Å². The van der Waals surface area contributed by atoms with E-state index in [-0.39, 0.29) is 12.0 Å². The molecule has 1 aliphatic heterocycles. The average molecular weight is 189 g/mol. The molecule has 2 atom stereocenters. The lowest BCUT2D eigenvalue weighted by molar-refractivity contribution is -0.143. The molecule has 0 saturated carbocycles. The number of esters is 1. The molecule has 0 aromatic heterocycles. The maximum Gasteiger partial charge on any atom is 0.305 e. The van der Waals surface area contributed by atoms with Crippen LogP contribution in [0.1, 0.15) is 26.2 Å². The summed E-state index contributed by atoms with van der Waals surface area (Å²) in [7, 11) is 0. The molecule has 0 bridgehead atoms. The average Bonchev–Trinajstić information content (AvgIpc) is 2.49. The minimum Gasteiger partial charge on any atom is -0.466 e. The van der Waals surface area contributed by atoms with Gasteiger partial charge in [-0.15, -0.1) is 0 Å². The quantitative estimate of drug-likeness (QED) is 0.671.